The molecule has 0 aromatic carbocycles. The van der Waals surface area contributed by atoms with E-state index in [1.165, 1.54) is 24.8 Å². The smallest absolute Gasteiger partial charge is 0.248 e. The van der Waals surface area contributed by atoms with Gasteiger partial charge in [-0.15, -0.1) is 19.4 Å². The molecule has 0 atom stereocenters. The predicted octanol–water partition coefficient (Wildman–Crippen LogP) is 4.53. The Hall–Kier alpha value is -2.69. The molecule has 0 bridgehead atoms. The number of piperazine rings is 1. The Morgan fingerprint density at radius 1 is 1.14 bits per heavy atom. The summed E-state index contributed by atoms with van der Waals surface area (Å²) >= 11 is 0. The molecule has 1 aliphatic carbocycles. The van der Waals surface area contributed by atoms with Gasteiger partial charge in [-0.25, -0.2) is 9.97 Å². The van der Waals surface area contributed by atoms with Crippen molar-refractivity contribution in [2.75, 3.05) is 57.4 Å². The maximum absolute atomic E-state index is 12.3. The Kier molecular flexibility index (Phi) is 17.0. The fourth-order valence-electron chi connectivity index (χ4n) is 4.46. The molecule has 0 N–H and O–H groups in total. The summed E-state index contributed by atoms with van der Waals surface area (Å²) in [6, 6.07) is 0.814. The second-order valence-corrected chi connectivity index (χ2v) is 8.91. The first-order valence-electron chi connectivity index (χ1n) is 13.9. The van der Waals surface area contributed by atoms with E-state index in [0.717, 1.165) is 63.1 Å². The van der Waals surface area contributed by atoms with Crippen LogP contribution in [-0.2, 0) is 22.4 Å². The van der Waals surface area contributed by atoms with Gasteiger partial charge in [0.25, 0.3) is 0 Å². The van der Waals surface area contributed by atoms with Crippen molar-refractivity contribution in [1.82, 2.24) is 19.8 Å². The molecule has 2 fully saturated rings. The Bertz CT molecular complexity index is 827. The minimum absolute atomic E-state index is 0.0370. The number of hydrogen-bond acceptors (Lipinski definition) is 6. The topological polar surface area (TPSA) is 61.8 Å². The van der Waals surface area contributed by atoms with Gasteiger partial charge < -0.3 is 14.5 Å². The molecule has 0 spiro atoms. The van der Waals surface area contributed by atoms with Gasteiger partial charge in [0.2, 0.25) is 11.9 Å². The molecule has 7 nitrogen and oxygen atoms in total. The van der Waals surface area contributed by atoms with Crippen molar-refractivity contribution in [2.45, 2.75) is 72.3 Å². The number of aromatic nitrogens is 2. The summed E-state index contributed by atoms with van der Waals surface area (Å²) in [5, 5.41) is 0. The molecule has 4 rings (SSSR count). The van der Waals surface area contributed by atoms with Crippen LogP contribution in [-0.4, -0.2) is 84.2 Å². The predicted molar refractivity (Wildman–Crippen MR) is 155 cm³/mol. The number of carbonyl (C=O) groups excluding carboxylic acids is 1. The lowest BCUT2D eigenvalue weighted by Crippen LogP contribution is -2.52. The average molecular weight is 512 g/mol. The van der Waals surface area contributed by atoms with Gasteiger partial charge in [0.05, 0.1) is 12.3 Å². The lowest BCUT2D eigenvalue weighted by Gasteiger charge is -2.43. The number of terminal acetylenes is 1. The van der Waals surface area contributed by atoms with Crippen molar-refractivity contribution < 1.29 is 9.53 Å². The third-order valence-electron chi connectivity index (χ3n) is 6.68. The number of allylic oxidation sites excluding steroid dienone is 2. The van der Waals surface area contributed by atoms with Crippen LogP contribution in [0.2, 0.25) is 0 Å². The van der Waals surface area contributed by atoms with Crippen LogP contribution in [0.15, 0.2) is 31.0 Å². The van der Waals surface area contributed by atoms with Crippen molar-refractivity contribution in [3.8, 4) is 12.8 Å². The monoisotopic (exact) mass is 511 g/mol. The van der Waals surface area contributed by atoms with Gasteiger partial charge >= 0.3 is 0 Å². The van der Waals surface area contributed by atoms with Crippen LogP contribution >= 0.6 is 0 Å². The van der Waals surface area contributed by atoms with Gasteiger partial charge in [-0.1, -0.05) is 45.4 Å². The van der Waals surface area contributed by atoms with Crippen LogP contribution in [0.4, 0.5) is 5.95 Å². The molecule has 3 aliphatic rings. The zero-order valence-corrected chi connectivity index (χ0v) is 23.7. The maximum Gasteiger partial charge on any atom is 0.248 e. The van der Waals surface area contributed by atoms with Gasteiger partial charge in [-0.3, -0.25) is 9.69 Å². The summed E-state index contributed by atoms with van der Waals surface area (Å²) in [7, 11) is 0. The van der Waals surface area contributed by atoms with Crippen molar-refractivity contribution in [2.24, 2.45) is 0 Å². The molecule has 0 unspecified atom stereocenters. The van der Waals surface area contributed by atoms with E-state index in [4.69, 9.17) is 9.72 Å². The molecular formula is C30H49N5O2. The first-order chi connectivity index (χ1) is 18.2. The first-order valence-corrected chi connectivity index (χ1v) is 13.9. The Labute approximate surface area is 226 Å². The highest BCUT2D eigenvalue weighted by molar-refractivity contribution is 5.77. The van der Waals surface area contributed by atoms with Gasteiger partial charge in [0, 0.05) is 57.9 Å². The normalized spacial score (nSPS) is 17.5. The van der Waals surface area contributed by atoms with E-state index in [0.29, 0.717) is 19.7 Å². The fraction of sp³-hybridized carbons (Fsp3) is 0.633. The number of hydrogen-bond donors (Lipinski definition) is 0. The fourth-order valence-corrected chi connectivity index (χ4v) is 4.46. The minimum Gasteiger partial charge on any atom is -0.368 e. The van der Waals surface area contributed by atoms with Crippen LogP contribution in [0, 0.1) is 12.8 Å². The number of nitrogens with zero attached hydrogens (tertiary/aromatic N) is 5. The maximum atomic E-state index is 12.3. The zero-order chi connectivity index (χ0) is 27.5. The lowest BCUT2D eigenvalue weighted by molar-refractivity contribution is -0.135. The highest BCUT2D eigenvalue weighted by Gasteiger charge is 2.29. The van der Waals surface area contributed by atoms with Gasteiger partial charge in [-0.05, 0) is 38.2 Å². The molecule has 2 aliphatic heterocycles. The Morgan fingerprint density at radius 3 is 2.35 bits per heavy atom. The number of ether oxygens (including phenoxy) is 1. The van der Waals surface area contributed by atoms with Crippen LogP contribution in [0.3, 0.4) is 0 Å². The van der Waals surface area contributed by atoms with Crippen LogP contribution in [0.1, 0.15) is 64.6 Å². The quantitative estimate of drug-likeness (QED) is 0.305. The molecule has 1 saturated carbocycles. The van der Waals surface area contributed by atoms with Crippen LogP contribution in [0.25, 0.3) is 0 Å². The largest absolute Gasteiger partial charge is 0.368 e. The number of amides is 1. The molecule has 1 amide bonds. The summed E-state index contributed by atoms with van der Waals surface area (Å²) in [6.07, 6.45) is 22.7. The van der Waals surface area contributed by atoms with E-state index < -0.39 is 0 Å². The van der Waals surface area contributed by atoms with E-state index in [1.807, 2.05) is 31.9 Å². The van der Waals surface area contributed by atoms with Crippen molar-refractivity contribution in [1.29, 1.82) is 0 Å². The number of carbonyl (C=O) groups is 1. The Morgan fingerprint density at radius 2 is 1.81 bits per heavy atom. The average Bonchev–Trinajstić information content (AvgIpc) is 3.14. The first kappa shape index (κ1) is 32.3. The number of fused-ring (bicyclic) bond motifs is 1. The SMILES string of the molecule is C#C.C/C=C/CC.C=CCOCC(=O)N1CCc2cnc(N3CCN(C4CCC4)CC3)nc2CC1.CC. The van der Waals surface area contributed by atoms with Crippen LogP contribution in [0.5, 0.6) is 0 Å². The molecule has 206 valence electrons. The molecule has 37 heavy (non-hydrogen) atoms. The summed E-state index contributed by atoms with van der Waals surface area (Å²) in [5.41, 5.74) is 2.26. The number of anilines is 1. The molecule has 3 heterocycles. The van der Waals surface area contributed by atoms with Crippen molar-refractivity contribution >= 4 is 11.9 Å². The minimum atomic E-state index is 0.0370. The Balaban J connectivity index is 0.000000671. The second kappa shape index (κ2) is 19.4. The van der Waals surface area contributed by atoms with Crippen molar-refractivity contribution in [3.05, 3.63) is 42.3 Å². The van der Waals surface area contributed by atoms with Crippen LogP contribution < -0.4 is 4.90 Å². The molecule has 1 saturated heterocycles. The lowest BCUT2D eigenvalue weighted by atomic mass is 9.91. The van der Waals surface area contributed by atoms with Gasteiger partial charge in [0.1, 0.15) is 6.61 Å². The summed E-state index contributed by atoms with van der Waals surface area (Å²) in [6.45, 7) is 17.9. The molecule has 0 radical (unpaired) electrons. The third kappa shape index (κ3) is 10.7. The zero-order valence-electron chi connectivity index (χ0n) is 23.7. The highest BCUT2D eigenvalue weighted by atomic mass is 16.5. The summed E-state index contributed by atoms with van der Waals surface area (Å²) in [4.78, 5) is 28.7. The van der Waals surface area contributed by atoms with E-state index in [1.54, 1.807) is 6.08 Å². The van der Waals surface area contributed by atoms with E-state index in [-0.39, 0.29) is 12.5 Å². The molecule has 1 aromatic rings. The highest BCUT2D eigenvalue weighted by Crippen LogP contribution is 2.26. The molecule has 7 heteroatoms. The van der Waals surface area contributed by atoms with E-state index >= 15 is 0 Å². The van der Waals surface area contributed by atoms with Gasteiger partial charge in [0.15, 0.2) is 0 Å². The van der Waals surface area contributed by atoms with E-state index in [9.17, 15) is 4.79 Å². The van der Waals surface area contributed by atoms with Crippen molar-refractivity contribution in [3.63, 3.8) is 0 Å². The third-order valence-corrected chi connectivity index (χ3v) is 6.68. The molecule has 1 aromatic heterocycles. The molecular weight excluding hydrogens is 462 g/mol. The second-order valence-electron chi connectivity index (χ2n) is 8.91. The summed E-state index contributed by atoms with van der Waals surface area (Å²) < 4.78 is 5.30. The number of rotatable bonds is 7. The van der Waals surface area contributed by atoms with Gasteiger partial charge in [-0.2, -0.15) is 0 Å². The standard InChI is InChI=1S/C21H31N5O2.C5H10.C2H6.C2H2/c1-2-14-28-16-20(27)25-8-6-17-15-22-21(23-19(17)7-9-25)26-12-10-24(11-13-26)18-4-3-5-18;1-3-5-4-2;2*1-2/h2,15,18H,1,3-14,16H2;3,5H,4H2,1-2H3;1-2H3;1-2H/b;5-3+;;. The summed E-state index contributed by atoms with van der Waals surface area (Å²) in [5.74, 6) is 0.885. The van der Waals surface area contributed by atoms with E-state index in [2.05, 4.69) is 53.3 Å².